The van der Waals surface area contributed by atoms with E-state index in [-0.39, 0.29) is 17.8 Å². The van der Waals surface area contributed by atoms with Gasteiger partial charge < -0.3 is 10.2 Å². The first-order valence-corrected chi connectivity index (χ1v) is 8.74. The Bertz CT molecular complexity index is 651. The van der Waals surface area contributed by atoms with Crippen LogP contribution in [0.4, 0.5) is 16.2 Å². The molecule has 3 rings (SSSR count). The average molecular weight is 344 g/mol. The highest BCUT2D eigenvalue weighted by molar-refractivity contribution is 6.05. The van der Waals surface area contributed by atoms with Crippen molar-refractivity contribution in [3.05, 3.63) is 24.3 Å². The molecule has 2 N–H and O–H groups in total. The number of hydrogen-bond acceptors (Lipinski definition) is 4. The van der Waals surface area contributed by atoms with Gasteiger partial charge in [0.1, 0.15) is 0 Å². The van der Waals surface area contributed by atoms with Crippen molar-refractivity contribution in [2.45, 2.75) is 25.7 Å². The highest BCUT2D eigenvalue weighted by atomic mass is 16.2. The van der Waals surface area contributed by atoms with Crippen molar-refractivity contribution in [2.24, 2.45) is 5.92 Å². The first-order chi connectivity index (χ1) is 12.1. The summed E-state index contributed by atoms with van der Waals surface area (Å²) in [4.78, 5) is 38.5. The number of urea groups is 1. The second-order valence-electron chi connectivity index (χ2n) is 6.58. The predicted molar refractivity (Wildman–Crippen MR) is 95.6 cm³/mol. The van der Waals surface area contributed by atoms with Gasteiger partial charge in [0.05, 0.1) is 0 Å². The fourth-order valence-corrected chi connectivity index (χ4v) is 3.41. The van der Waals surface area contributed by atoms with Crippen molar-refractivity contribution in [2.75, 3.05) is 36.5 Å². The number of nitrogens with one attached hydrogen (secondary N) is 2. The molecule has 1 aromatic carbocycles. The second kappa shape index (κ2) is 7.55. The van der Waals surface area contributed by atoms with Crippen LogP contribution in [-0.4, -0.2) is 44.5 Å². The van der Waals surface area contributed by atoms with Crippen molar-refractivity contribution in [1.29, 1.82) is 0 Å². The molecule has 2 saturated heterocycles. The lowest BCUT2D eigenvalue weighted by Gasteiger charge is -2.34. The van der Waals surface area contributed by atoms with Gasteiger partial charge in [-0.2, -0.15) is 0 Å². The van der Waals surface area contributed by atoms with E-state index in [0.717, 1.165) is 37.3 Å². The number of piperidine rings is 1. The maximum Gasteiger partial charge on any atom is 0.328 e. The molecule has 0 aromatic heterocycles. The summed E-state index contributed by atoms with van der Waals surface area (Å²) in [7, 11) is 1.68. The zero-order valence-electron chi connectivity index (χ0n) is 14.5. The lowest BCUT2D eigenvalue weighted by atomic mass is 9.93. The summed E-state index contributed by atoms with van der Waals surface area (Å²) in [5, 5.41) is 5.02. The summed E-state index contributed by atoms with van der Waals surface area (Å²) in [6.07, 6.45) is 2.94. The van der Waals surface area contributed by atoms with E-state index in [0.29, 0.717) is 25.3 Å². The second-order valence-corrected chi connectivity index (χ2v) is 6.58. The molecule has 0 atom stereocenters. The molecule has 7 nitrogen and oxygen atoms in total. The van der Waals surface area contributed by atoms with Crippen LogP contribution in [-0.2, 0) is 9.59 Å². The smallest absolute Gasteiger partial charge is 0.328 e. The first kappa shape index (κ1) is 17.3. The quantitative estimate of drug-likeness (QED) is 0.867. The van der Waals surface area contributed by atoms with E-state index in [9.17, 15) is 14.4 Å². The highest BCUT2D eigenvalue weighted by Gasteiger charge is 2.25. The fourth-order valence-electron chi connectivity index (χ4n) is 3.41. The van der Waals surface area contributed by atoms with E-state index < -0.39 is 0 Å². The van der Waals surface area contributed by atoms with Crippen LogP contribution in [0.15, 0.2) is 24.3 Å². The van der Waals surface area contributed by atoms with Gasteiger partial charge in [0.2, 0.25) is 11.8 Å². The van der Waals surface area contributed by atoms with Gasteiger partial charge in [0, 0.05) is 50.9 Å². The molecule has 0 saturated carbocycles. The molecular formula is C18H24N4O3. The Hall–Kier alpha value is -2.57. The topological polar surface area (TPSA) is 81.8 Å². The number of benzene rings is 1. The molecule has 2 aliphatic rings. The standard InChI is InChI=1S/C18H24N4O3/c1-19-17(24)12-13-6-9-21(10-7-13)14-2-4-15(5-3-14)22-11-8-16(23)20-18(22)25/h2-5,13H,6-12H2,1H3,(H,19,24)(H,20,23,25). The van der Waals surface area contributed by atoms with Crippen molar-refractivity contribution in [3.8, 4) is 0 Å². The van der Waals surface area contributed by atoms with Crippen LogP contribution in [0.3, 0.4) is 0 Å². The fraction of sp³-hybridized carbons (Fsp3) is 0.500. The zero-order chi connectivity index (χ0) is 17.8. The number of anilines is 2. The Kier molecular flexibility index (Phi) is 5.21. The first-order valence-electron chi connectivity index (χ1n) is 8.74. The number of carbonyl (C=O) groups excluding carboxylic acids is 3. The third-order valence-corrected chi connectivity index (χ3v) is 4.95. The van der Waals surface area contributed by atoms with E-state index in [1.807, 2.05) is 24.3 Å². The molecule has 1 aromatic rings. The maximum absolute atomic E-state index is 11.9. The van der Waals surface area contributed by atoms with Gasteiger partial charge in [-0.25, -0.2) is 4.79 Å². The molecule has 25 heavy (non-hydrogen) atoms. The Morgan fingerprint density at radius 3 is 2.36 bits per heavy atom. The van der Waals surface area contributed by atoms with Crippen LogP contribution in [0.25, 0.3) is 0 Å². The zero-order valence-corrected chi connectivity index (χ0v) is 14.5. The number of carbonyl (C=O) groups is 3. The Morgan fingerprint density at radius 1 is 1.12 bits per heavy atom. The number of rotatable bonds is 4. The van der Waals surface area contributed by atoms with Gasteiger partial charge >= 0.3 is 6.03 Å². The van der Waals surface area contributed by atoms with Crippen molar-refractivity contribution < 1.29 is 14.4 Å². The summed E-state index contributed by atoms with van der Waals surface area (Å²) in [5.41, 5.74) is 1.92. The SMILES string of the molecule is CNC(=O)CC1CCN(c2ccc(N3CCC(=O)NC3=O)cc2)CC1. The van der Waals surface area contributed by atoms with Crippen molar-refractivity contribution >= 4 is 29.2 Å². The van der Waals surface area contributed by atoms with E-state index >= 15 is 0 Å². The minimum absolute atomic E-state index is 0.112. The molecule has 4 amide bonds. The van der Waals surface area contributed by atoms with E-state index in [1.54, 1.807) is 11.9 Å². The Morgan fingerprint density at radius 2 is 1.76 bits per heavy atom. The molecular weight excluding hydrogens is 320 g/mol. The normalized spacial score (nSPS) is 18.9. The van der Waals surface area contributed by atoms with Gasteiger partial charge in [-0.3, -0.25) is 19.8 Å². The van der Waals surface area contributed by atoms with E-state index in [4.69, 9.17) is 0 Å². The number of imide groups is 1. The molecule has 0 bridgehead atoms. The molecule has 2 heterocycles. The highest BCUT2D eigenvalue weighted by Crippen LogP contribution is 2.27. The van der Waals surface area contributed by atoms with Crippen molar-refractivity contribution in [3.63, 3.8) is 0 Å². The molecule has 134 valence electrons. The Labute approximate surface area is 147 Å². The third-order valence-electron chi connectivity index (χ3n) is 4.95. The summed E-state index contributed by atoms with van der Waals surface area (Å²) in [5.74, 6) is 0.337. The number of amides is 4. The third kappa shape index (κ3) is 4.10. The lowest BCUT2D eigenvalue weighted by molar-refractivity contribution is -0.122. The molecule has 0 radical (unpaired) electrons. The van der Waals surface area contributed by atoms with E-state index in [1.165, 1.54) is 0 Å². The average Bonchev–Trinajstić information content (AvgIpc) is 2.62. The van der Waals surface area contributed by atoms with Crippen LogP contribution >= 0.6 is 0 Å². The number of nitrogens with zero attached hydrogens (tertiary/aromatic N) is 2. The largest absolute Gasteiger partial charge is 0.372 e. The van der Waals surface area contributed by atoms with Crippen LogP contribution in [0.1, 0.15) is 25.7 Å². The maximum atomic E-state index is 11.9. The summed E-state index contributed by atoms with van der Waals surface area (Å²) < 4.78 is 0. The van der Waals surface area contributed by atoms with Gasteiger partial charge in [0.25, 0.3) is 0 Å². The van der Waals surface area contributed by atoms with Crippen molar-refractivity contribution in [1.82, 2.24) is 10.6 Å². The predicted octanol–water partition coefficient (Wildman–Crippen LogP) is 1.49. The molecule has 2 aliphatic heterocycles. The molecule has 0 unspecified atom stereocenters. The molecule has 0 aliphatic carbocycles. The number of hydrogen-bond donors (Lipinski definition) is 2. The van der Waals surface area contributed by atoms with Crippen LogP contribution in [0.2, 0.25) is 0 Å². The monoisotopic (exact) mass is 344 g/mol. The lowest BCUT2D eigenvalue weighted by Crippen LogP contribution is -2.49. The minimum Gasteiger partial charge on any atom is -0.372 e. The van der Waals surface area contributed by atoms with Gasteiger partial charge in [-0.1, -0.05) is 0 Å². The Balaban J connectivity index is 1.57. The molecule has 0 spiro atoms. The van der Waals surface area contributed by atoms with Gasteiger partial charge in [-0.15, -0.1) is 0 Å². The minimum atomic E-state index is -0.362. The van der Waals surface area contributed by atoms with Gasteiger partial charge in [-0.05, 0) is 43.0 Å². The summed E-state index contributed by atoms with van der Waals surface area (Å²) in [6, 6.07) is 7.50. The van der Waals surface area contributed by atoms with Crippen LogP contribution in [0, 0.1) is 5.92 Å². The summed E-state index contributed by atoms with van der Waals surface area (Å²) >= 11 is 0. The van der Waals surface area contributed by atoms with E-state index in [2.05, 4.69) is 15.5 Å². The summed E-state index contributed by atoms with van der Waals surface area (Å²) in [6.45, 7) is 2.27. The molecule has 7 heteroatoms. The van der Waals surface area contributed by atoms with Crippen LogP contribution < -0.4 is 20.4 Å². The van der Waals surface area contributed by atoms with Crippen LogP contribution in [0.5, 0.6) is 0 Å². The molecule has 2 fully saturated rings. The van der Waals surface area contributed by atoms with Gasteiger partial charge in [0.15, 0.2) is 0 Å².